The highest BCUT2D eigenvalue weighted by Gasteiger charge is 2.57. The predicted octanol–water partition coefficient (Wildman–Crippen LogP) is 4.82. The summed E-state index contributed by atoms with van der Waals surface area (Å²) < 4.78 is 26.9. The third kappa shape index (κ3) is 7.44. The van der Waals surface area contributed by atoms with Crippen molar-refractivity contribution in [1.82, 2.24) is 4.67 Å². The normalized spacial score (nSPS) is 20.9. The van der Waals surface area contributed by atoms with E-state index in [4.69, 9.17) is 14.8 Å². The molecule has 262 valence electrons. The molecule has 2 aromatic carbocycles. The van der Waals surface area contributed by atoms with Crippen molar-refractivity contribution < 1.29 is 48.4 Å². The summed E-state index contributed by atoms with van der Waals surface area (Å²) in [5.74, 6) is -5.70. The van der Waals surface area contributed by atoms with E-state index in [2.05, 4.69) is 6.92 Å². The number of carbonyl (C=O) groups is 3. The number of aromatic hydroxyl groups is 1. The van der Waals surface area contributed by atoms with E-state index in [0.717, 1.165) is 30.4 Å². The van der Waals surface area contributed by atoms with Crippen molar-refractivity contribution in [3.05, 3.63) is 58.7 Å². The maximum atomic E-state index is 13.8. The van der Waals surface area contributed by atoms with Crippen LogP contribution >= 0.6 is 7.75 Å². The molecule has 0 radical (unpaired) electrons. The molecule has 2 aliphatic rings. The summed E-state index contributed by atoms with van der Waals surface area (Å²) in [6.45, 7) is 6.43. The Morgan fingerprint density at radius 3 is 2.42 bits per heavy atom. The molecule has 1 saturated carbocycles. The summed E-state index contributed by atoms with van der Waals surface area (Å²) in [6.07, 6.45) is 2.00. The first-order valence-electron chi connectivity index (χ1n) is 16.6. The van der Waals surface area contributed by atoms with Crippen LogP contribution in [-0.2, 0) is 41.0 Å². The highest BCUT2D eigenvalue weighted by atomic mass is 31.2. The summed E-state index contributed by atoms with van der Waals surface area (Å²) in [5, 5.41) is 43.7. The van der Waals surface area contributed by atoms with Gasteiger partial charge in [0, 0.05) is 31.2 Å². The lowest BCUT2D eigenvalue weighted by atomic mass is 9.61. The van der Waals surface area contributed by atoms with E-state index >= 15 is 0 Å². The van der Waals surface area contributed by atoms with Gasteiger partial charge in [-0.15, -0.1) is 0 Å². The van der Waals surface area contributed by atoms with E-state index in [1.807, 2.05) is 24.3 Å². The third-order valence-electron chi connectivity index (χ3n) is 9.18. The fourth-order valence-corrected chi connectivity index (χ4v) is 8.77. The van der Waals surface area contributed by atoms with Gasteiger partial charge < -0.3 is 26.2 Å². The van der Waals surface area contributed by atoms with Crippen molar-refractivity contribution in [2.45, 2.75) is 77.9 Å². The zero-order valence-electron chi connectivity index (χ0n) is 27.8. The highest BCUT2D eigenvalue weighted by Crippen LogP contribution is 2.53. The lowest BCUT2D eigenvalue weighted by molar-refractivity contribution is -0.159. The number of aliphatic hydroxyl groups is 3. The quantitative estimate of drug-likeness (QED) is 0.0869. The van der Waals surface area contributed by atoms with Gasteiger partial charge in [0.15, 0.2) is 11.4 Å². The molecule has 6 N–H and O–H groups in total. The Kier molecular flexibility index (Phi) is 12.4. The number of aliphatic hydroxyl groups excluding tert-OH is 2. The first-order chi connectivity index (χ1) is 22.9. The number of amides is 1. The molecule has 1 amide bonds. The van der Waals surface area contributed by atoms with Crippen LogP contribution in [0.1, 0.15) is 76.0 Å². The summed E-state index contributed by atoms with van der Waals surface area (Å²) in [4.78, 5) is 38.4. The van der Waals surface area contributed by atoms with Gasteiger partial charge in [0.25, 0.3) is 0 Å². The minimum atomic E-state index is -3.57. The fraction of sp³-hybridized carbons (Fsp3) is 0.514. The standard InChI is InChI=1S/C35H47N2O10P/c1-4-7-8-15-37(48(45,46-5-2)47-6-3)21-22-10-9-11-23(17-22)26-12-13-28(39)32-27(26)19-24-18-25(14-16-38)35(44,29(40)20-30(36)41)34(43)31(24)33(32)42/h9-13,17,24-25,38-39,42,44H,4-8,14-16,18-21H2,1-3H3,(H2,36,41)/t24-,25-,35-/m1/s1. The predicted molar refractivity (Wildman–Crippen MR) is 180 cm³/mol. The van der Waals surface area contributed by atoms with Crippen LogP contribution in [0.4, 0.5) is 0 Å². The Morgan fingerprint density at radius 1 is 1.08 bits per heavy atom. The van der Waals surface area contributed by atoms with Crippen LogP contribution in [0.3, 0.4) is 0 Å². The third-order valence-corrected chi connectivity index (χ3v) is 11.4. The van der Waals surface area contributed by atoms with Gasteiger partial charge in [-0.2, -0.15) is 0 Å². The number of nitrogens with zero attached hydrogens (tertiary/aromatic N) is 1. The number of phenols is 1. The first kappa shape index (κ1) is 37.4. The molecule has 3 atom stereocenters. The summed E-state index contributed by atoms with van der Waals surface area (Å²) in [5.41, 5.74) is 5.17. The maximum Gasteiger partial charge on any atom is 0.408 e. The van der Waals surface area contributed by atoms with E-state index in [9.17, 15) is 39.4 Å². The summed E-state index contributed by atoms with van der Waals surface area (Å²) >= 11 is 0. The number of rotatable bonds is 17. The topological polar surface area (TPSA) is 197 Å². The van der Waals surface area contributed by atoms with E-state index in [0.29, 0.717) is 17.7 Å². The molecule has 0 bridgehead atoms. The SMILES string of the molecule is CCCCCN(Cc1cccc(-c2ccc(O)c3c2C[C@H]2C[C@@H](CCO)[C@@](O)(C(=O)CC(N)=O)C(=O)C2=C3O)c1)P(=O)(OCC)OCC. The van der Waals surface area contributed by atoms with Gasteiger partial charge in [-0.25, -0.2) is 9.24 Å². The second-order valence-corrected chi connectivity index (χ2v) is 14.4. The molecular weight excluding hydrogens is 639 g/mol. The molecule has 0 aromatic heterocycles. The largest absolute Gasteiger partial charge is 0.507 e. The smallest absolute Gasteiger partial charge is 0.408 e. The number of nitrogens with two attached hydrogens (primary N) is 1. The van der Waals surface area contributed by atoms with Gasteiger partial charge in [0.2, 0.25) is 11.7 Å². The number of hydrogen-bond acceptors (Lipinski definition) is 10. The van der Waals surface area contributed by atoms with E-state index in [-0.39, 0.29) is 55.9 Å². The van der Waals surface area contributed by atoms with Gasteiger partial charge in [0.05, 0.1) is 25.2 Å². The van der Waals surface area contributed by atoms with Crippen LogP contribution in [0, 0.1) is 11.8 Å². The van der Waals surface area contributed by atoms with Gasteiger partial charge in [-0.05, 0) is 79.8 Å². The molecule has 2 aliphatic carbocycles. The minimum absolute atomic E-state index is 0.0150. The number of carbonyl (C=O) groups excluding carboxylic acids is 3. The Morgan fingerprint density at radius 2 is 1.79 bits per heavy atom. The molecule has 0 spiro atoms. The number of Topliss-reactive ketones (excluding diaryl/α,β-unsaturated/α-hetero) is 2. The summed E-state index contributed by atoms with van der Waals surface area (Å²) in [7, 11) is -3.57. The first-order valence-corrected chi connectivity index (χ1v) is 18.1. The number of phenolic OH excluding ortho intramolecular Hbond substituents is 1. The van der Waals surface area contributed by atoms with Crippen molar-refractivity contribution in [3.63, 3.8) is 0 Å². The van der Waals surface area contributed by atoms with Gasteiger partial charge in [0.1, 0.15) is 11.5 Å². The van der Waals surface area contributed by atoms with Crippen LogP contribution in [-0.4, -0.2) is 74.5 Å². The Labute approximate surface area is 281 Å². The molecule has 4 rings (SSSR count). The molecule has 12 nitrogen and oxygen atoms in total. The lowest BCUT2D eigenvalue weighted by Gasteiger charge is -2.43. The van der Waals surface area contributed by atoms with Crippen LogP contribution in [0.2, 0.25) is 0 Å². The number of benzene rings is 2. The van der Waals surface area contributed by atoms with Crippen LogP contribution < -0.4 is 5.73 Å². The van der Waals surface area contributed by atoms with Crippen molar-refractivity contribution >= 4 is 31.0 Å². The lowest BCUT2D eigenvalue weighted by Crippen LogP contribution is -2.59. The number of hydrogen-bond donors (Lipinski definition) is 5. The average Bonchev–Trinajstić information content (AvgIpc) is 3.03. The maximum absolute atomic E-state index is 13.8. The van der Waals surface area contributed by atoms with Crippen molar-refractivity contribution in [3.8, 4) is 16.9 Å². The van der Waals surface area contributed by atoms with Crippen molar-refractivity contribution in [1.29, 1.82) is 0 Å². The molecule has 48 heavy (non-hydrogen) atoms. The van der Waals surface area contributed by atoms with Gasteiger partial charge >= 0.3 is 7.75 Å². The second-order valence-electron chi connectivity index (χ2n) is 12.4. The molecule has 0 heterocycles. The van der Waals surface area contributed by atoms with Crippen molar-refractivity contribution in [2.24, 2.45) is 17.6 Å². The van der Waals surface area contributed by atoms with E-state index < -0.39 is 61.4 Å². The van der Waals surface area contributed by atoms with Gasteiger partial charge in [-0.1, -0.05) is 44.0 Å². The zero-order valence-corrected chi connectivity index (χ0v) is 28.7. The number of ketones is 2. The number of primary amides is 1. The van der Waals surface area contributed by atoms with Crippen molar-refractivity contribution in [2.75, 3.05) is 26.4 Å². The Bertz CT molecular complexity index is 1600. The monoisotopic (exact) mass is 686 g/mol. The molecular formula is C35H47N2O10P. The molecule has 0 aliphatic heterocycles. The van der Waals surface area contributed by atoms with Crippen LogP contribution in [0.15, 0.2) is 42.0 Å². The summed E-state index contributed by atoms with van der Waals surface area (Å²) in [6, 6.07) is 10.7. The molecule has 13 heteroatoms. The Hall–Kier alpha value is -3.38. The minimum Gasteiger partial charge on any atom is -0.507 e. The molecule has 0 unspecified atom stereocenters. The number of fused-ring (bicyclic) bond motifs is 2. The fourth-order valence-electron chi connectivity index (χ4n) is 6.99. The number of unbranched alkanes of at least 4 members (excludes halogenated alkanes) is 2. The highest BCUT2D eigenvalue weighted by molar-refractivity contribution is 7.51. The van der Waals surface area contributed by atoms with E-state index in [1.165, 1.54) is 6.07 Å². The van der Waals surface area contributed by atoms with Gasteiger partial charge in [-0.3, -0.25) is 23.4 Å². The zero-order chi connectivity index (χ0) is 35.2. The van der Waals surface area contributed by atoms with Crippen LogP contribution in [0.25, 0.3) is 16.9 Å². The van der Waals surface area contributed by atoms with Crippen LogP contribution in [0.5, 0.6) is 5.75 Å². The average molecular weight is 687 g/mol. The molecule has 0 saturated heterocycles. The Balaban J connectivity index is 1.77. The molecule has 1 fully saturated rings. The second kappa shape index (κ2) is 15.9. The molecule has 2 aromatic rings. The van der Waals surface area contributed by atoms with E-state index in [1.54, 1.807) is 24.6 Å².